The smallest absolute Gasteiger partial charge is 0.106 e. The van der Waals surface area contributed by atoms with E-state index in [9.17, 15) is 0 Å². The minimum Gasteiger partial charge on any atom is -0.470 e. The molecule has 2 rings (SSSR count). The molecular formula is C13H15N2O. The summed E-state index contributed by atoms with van der Waals surface area (Å²) in [7, 11) is 0. The van der Waals surface area contributed by atoms with E-state index in [1.54, 1.807) is 12.5 Å². The van der Waals surface area contributed by atoms with Crippen molar-refractivity contribution in [2.24, 2.45) is 0 Å². The molecule has 1 N–H and O–H groups in total. The summed E-state index contributed by atoms with van der Waals surface area (Å²) in [6, 6.07) is 10.9. The van der Waals surface area contributed by atoms with Crippen molar-refractivity contribution in [3.8, 4) is 0 Å². The van der Waals surface area contributed by atoms with Gasteiger partial charge in [0.1, 0.15) is 12.5 Å². The third kappa shape index (κ3) is 3.35. The van der Waals surface area contributed by atoms with Crippen molar-refractivity contribution >= 4 is 5.69 Å². The first kappa shape index (κ1) is 10.6. The van der Waals surface area contributed by atoms with Gasteiger partial charge in [0.15, 0.2) is 0 Å². The summed E-state index contributed by atoms with van der Waals surface area (Å²) in [5, 5.41) is 3.36. The standard InChI is InChI=1S/C13H15N2O/c1-2-5-13(6-3-1)14-7-4-8-15-9-11-16-12-10-15/h2-3,5-6,9-12,14H,4,7-8H2. The van der Waals surface area contributed by atoms with Crippen molar-refractivity contribution < 1.29 is 4.74 Å². The van der Waals surface area contributed by atoms with Crippen molar-refractivity contribution in [1.29, 1.82) is 0 Å². The maximum Gasteiger partial charge on any atom is 0.106 e. The first-order valence-corrected chi connectivity index (χ1v) is 5.40. The lowest BCUT2D eigenvalue weighted by molar-refractivity contribution is 0.343. The second kappa shape index (κ2) is 5.85. The minimum absolute atomic E-state index is 0.961. The van der Waals surface area contributed by atoms with Crippen molar-refractivity contribution in [1.82, 2.24) is 4.90 Å². The van der Waals surface area contributed by atoms with E-state index in [2.05, 4.69) is 16.3 Å². The molecule has 3 heteroatoms. The Morgan fingerprint density at radius 2 is 1.94 bits per heavy atom. The summed E-state index contributed by atoms with van der Waals surface area (Å²) in [6.45, 7) is 1.95. The fourth-order valence-corrected chi connectivity index (χ4v) is 1.47. The van der Waals surface area contributed by atoms with Gasteiger partial charge < -0.3 is 15.0 Å². The lowest BCUT2D eigenvalue weighted by Crippen LogP contribution is -2.16. The van der Waals surface area contributed by atoms with Crippen LogP contribution < -0.4 is 5.32 Å². The Balaban J connectivity index is 1.63. The maximum atomic E-state index is 4.95. The Morgan fingerprint density at radius 3 is 2.69 bits per heavy atom. The summed E-state index contributed by atoms with van der Waals surface area (Å²) < 4.78 is 4.95. The SMILES string of the molecule is [c]1ccc(NCCCN2C=COC=C2)cc1. The van der Waals surface area contributed by atoms with Gasteiger partial charge in [0.25, 0.3) is 0 Å². The van der Waals surface area contributed by atoms with Gasteiger partial charge in [-0.15, -0.1) is 0 Å². The topological polar surface area (TPSA) is 24.5 Å². The molecule has 3 nitrogen and oxygen atoms in total. The average Bonchev–Trinajstić information content (AvgIpc) is 2.37. The van der Waals surface area contributed by atoms with Crippen LogP contribution in [-0.2, 0) is 4.74 Å². The number of ether oxygens (including phenoxy) is 1. The molecule has 1 aliphatic heterocycles. The van der Waals surface area contributed by atoms with Crippen LogP contribution in [0, 0.1) is 6.07 Å². The lowest BCUT2D eigenvalue weighted by Gasteiger charge is -2.17. The third-order valence-electron chi connectivity index (χ3n) is 2.30. The molecule has 0 aliphatic carbocycles. The van der Waals surface area contributed by atoms with Crippen LogP contribution in [0.1, 0.15) is 6.42 Å². The van der Waals surface area contributed by atoms with Crippen LogP contribution >= 0.6 is 0 Å². The molecule has 1 radical (unpaired) electrons. The highest BCUT2D eigenvalue weighted by molar-refractivity contribution is 5.41. The van der Waals surface area contributed by atoms with Gasteiger partial charge in [-0.2, -0.15) is 0 Å². The highest BCUT2D eigenvalue weighted by Crippen LogP contribution is 2.05. The van der Waals surface area contributed by atoms with Crippen LogP contribution in [-0.4, -0.2) is 18.0 Å². The maximum absolute atomic E-state index is 4.95. The quantitative estimate of drug-likeness (QED) is 0.764. The molecule has 16 heavy (non-hydrogen) atoms. The summed E-state index contributed by atoms with van der Waals surface area (Å²) >= 11 is 0. The van der Waals surface area contributed by atoms with Crippen LogP contribution in [0.15, 0.2) is 49.2 Å². The Labute approximate surface area is 96.0 Å². The molecule has 83 valence electrons. The normalized spacial score (nSPS) is 13.6. The second-order valence-electron chi connectivity index (χ2n) is 3.51. The van der Waals surface area contributed by atoms with Crippen molar-refractivity contribution in [2.75, 3.05) is 18.4 Å². The Kier molecular flexibility index (Phi) is 3.88. The zero-order chi connectivity index (χ0) is 11.1. The molecule has 1 aromatic rings. The second-order valence-corrected chi connectivity index (χ2v) is 3.51. The van der Waals surface area contributed by atoms with E-state index < -0.39 is 0 Å². The summed E-state index contributed by atoms with van der Waals surface area (Å²) in [4.78, 5) is 2.10. The predicted octanol–water partition coefficient (Wildman–Crippen LogP) is 2.56. The molecule has 0 atom stereocenters. The van der Waals surface area contributed by atoms with E-state index in [1.807, 2.05) is 36.7 Å². The van der Waals surface area contributed by atoms with Gasteiger partial charge in [0, 0.05) is 31.2 Å². The van der Waals surface area contributed by atoms with E-state index in [0.29, 0.717) is 0 Å². The number of rotatable bonds is 5. The summed E-state index contributed by atoms with van der Waals surface area (Å²) in [5.41, 5.74) is 1.15. The Morgan fingerprint density at radius 1 is 1.19 bits per heavy atom. The average molecular weight is 215 g/mol. The van der Waals surface area contributed by atoms with Crippen LogP contribution in [0.2, 0.25) is 0 Å². The molecule has 1 aliphatic rings. The van der Waals surface area contributed by atoms with Gasteiger partial charge in [0.05, 0.1) is 0 Å². The van der Waals surface area contributed by atoms with Crippen LogP contribution in [0.4, 0.5) is 5.69 Å². The third-order valence-corrected chi connectivity index (χ3v) is 2.30. The molecule has 0 aromatic heterocycles. The van der Waals surface area contributed by atoms with Gasteiger partial charge >= 0.3 is 0 Å². The van der Waals surface area contributed by atoms with Crippen molar-refractivity contribution in [2.45, 2.75) is 6.42 Å². The van der Waals surface area contributed by atoms with Gasteiger partial charge in [-0.05, 0) is 24.6 Å². The van der Waals surface area contributed by atoms with Crippen LogP contribution in [0.5, 0.6) is 0 Å². The fourth-order valence-electron chi connectivity index (χ4n) is 1.47. The molecule has 0 spiro atoms. The van der Waals surface area contributed by atoms with Gasteiger partial charge in [-0.3, -0.25) is 0 Å². The van der Waals surface area contributed by atoms with E-state index in [0.717, 1.165) is 25.2 Å². The molecule has 0 bridgehead atoms. The van der Waals surface area contributed by atoms with E-state index >= 15 is 0 Å². The minimum atomic E-state index is 0.961. The Hall–Kier alpha value is -1.90. The van der Waals surface area contributed by atoms with Crippen molar-refractivity contribution in [3.63, 3.8) is 0 Å². The molecule has 0 unspecified atom stereocenters. The highest BCUT2D eigenvalue weighted by atomic mass is 16.5. The zero-order valence-electron chi connectivity index (χ0n) is 9.10. The number of hydrogen-bond acceptors (Lipinski definition) is 3. The first-order chi connectivity index (χ1) is 7.95. The van der Waals surface area contributed by atoms with E-state index in [4.69, 9.17) is 4.74 Å². The number of nitrogens with one attached hydrogen (secondary N) is 1. The monoisotopic (exact) mass is 215 g/mol. The predicted molar refractivity (Wildman–Crippen MR) is 64.5 cm³/mol. The van der Waals surface area contributed by atoms with Gasteiger partial charge in [0.2, 0.25) is 0 Å². The zero-order valence-corrected chi connectivity index (χ0v) is 9.10. The number of nitrogens with zero attached hydrogens (tertiary/aromatic N) is 1. The van der Waals surface area contributed by atoms with Crippen LogP contribution in [0.25, 0.3) is 0 Å². The summed E-state index contributed by atoms with van der Waals surface area (Å²) in [6.07, 6.45) is 8.29. The molecule has 0 saturated heterocycles. The van der Waals surface area contributed by atoms with Crippen LogP contribution in [0.3, 0.4) is 0 Å². The van der Waals surface area contributed by atoms with E-state index in [-0.39, 0.29) is 0 Å². The molecule has 1 heterocycles. The van der Waals surface area contributed by atoms with Crippen molar-refractivity contribution in [3.05, 3.63) is 55.3 Å². The molecule has 0 saturated carbocycles. The van der Waals surface area contributed by atoms with Gasteiger partial charge in [-0.25, -0.2) is 0 Å². The number of anilines is 1. The fraction of sp³-hybridized carbons (Fsp3) is 0.231. The molecule has 0 amide bonds. The number of benzene rings is 1. The first-order valence-electron chi connectivity index (χ1n) is 5.40. The highest BCUT2D eigenvalue weighted by Gasteiger charge is 1.97. The molecule has 1 aromatic carbocycles. The lowest BCUT2D eigenvalue weighted by atomic mass is 10.3. The van der Waals surface area contributed by atoms with Gasteiger partial charge in [-0.1, -0.05) is 12.1 Å². The van der Waals surface area contributed by atoms with E-state index in [1.165, 1.54) is 0 Å². The molecular weight excluding hydrogens is 200 g/mol. The Bertz CT molecular complexity index is 347. The number of hydrogen-bond donors (Lipinski definition) is 1. The largest absolute Gasteiger partial charge is 0.470 e. The summed E-state index contributed by atoms with van der Waals surface area (Å²) in [5.74, 6) is 0. The molecule has 0 fully saturated rings.